The van der Waals surface area contributed by atoms with E-state index in [1.165, 1.54) is 10.4 Å². The van der Waals surface area contributed by atoms with Gasteiger partial charge in [0.2, 0.25) is 0 Å². The van der Waals surface area contributed by atoms with E-state index in [2.05, 4.69) is 81.4 Å². The highest BCUT2D eigenvalue weighted by Crippen LogP contribution is 2.42. The number of hydrogen-bond donors (Lipinski definition) is 0. The average molecular weight is 353 g/mol. The predicted octanol–water partition coefficient (Wildman–Crippen LogP) is 3.93. The standard InChI is InChI=1S/C22H28O2Si/c1-21(2,3)25(19-11-6-4-7-12-19,20-13-8-5-9-14-20)24-18-22(17-23)15-10-16-22/h4-9,11-14,17H,10,15-16,18H2,1-3H3. The van der Waals surface area contributed by atoms with Gasteiger partial charge in [-0.25, -0.2) is 0 Å². The predicted molar refractivity (Wildman–Crippen MR) is 106 cm³/mol. The molecule has 1 saturated carbocycles. The maximum absolute atomic E-state index is 11.7. The lowest BCUT2D eigenvalue weighted by Gasteiger charge is -2.46. The van der Waals surface area contributed by atoms with Crippen molar-refractivity contribution in [3.05, 3.63) is 60.7 Å². The molecule has 0 radical (unpaired) electrons. The van der Waals surface area contributed by atoms with Gasteiger partial charge < -0.3 is 9.22 Å². The van der Waals surface area contributed by atoms with E-state index < -0.39 is 8.32 Å². The molecule has 1 fully saturated rings. The summed E-state index contributed by atoms with van der Waals surface area (Å²) in [5.41, 5.74) is -0.271. The van der Waals surface area contributed by atoms with Crippen LogP contribution in [0.3, 0.4) is 0 Å². The van der Waals surface area contributed by atoms with Crippen LogP contribution in [0, 0.1) is 5.41 Å². The molecule has 1 aliphatic carbocycles. The SMILES string of the molecule is CC(C)(C)[Si](OCC1(C=O)CCC1)(c1ccccc1)c1ccccc1. The maximum atomic E-state index is 11.7. The lowest BCUT2D eigenvalue weighted by Crippen LogP contribution is -2.67. The van der Waals surface area contributed by atoms with Crippen LogP contribution in [0.5, 0.6) is 0 Å². The van der Waals surface area contributed by atoms with Crippen molar-refractivity contribution in [1.82, 2.24) is 0 Å². The van der Waals surface area contributed by atoms with Crippen LogP contribution in [0.4, 0.5) is 0 Å². The monoisotopic (exact) mass is 352 g/mol. The molecule has 0 atom stereocenters. The zero-order valence-corrected chi connectivity index (χ0v) is 16.5. The first-order chi connectivity index (χ1) is 11.9. The number of carbonyl (C=O) groups is 1. The first kappa shape index (κ1) is 18.1. The smallest absolute Gasteiger partial charge is 0.261 e. The van der Waals surface area contributed by atoms with Gasteiger partial charge >= 0.3 is 0 Å². The van der Waals surface area contributed by atoms with E-state index >= 15 is 0 Å². The molecule has 0 amide bonds. The quantitative estimate of drug-likeness (QED) is 0.581. The van der Waals surface area contributed by atoms with Crippen LogP contribution in [-0.2, 0) is 9.22 Å². The average Bonchev–Trinajstić information content (AvgIpc) is 2.58. The number of aldehydes is 1. The van der Waals surface area contributed by atoms with Crippen LogP contribution in [0.2, 0.25) is 5.04 Å². The third-order valence-corrected chi connectivity index (χ3v) is 10.6. The van der Waals surface area contributed by atoms with E-state index in [-0.39, 0.29) is 10.5 Å². The van der Waals surface area contributed by atoms with E-state index in [9.17, 15) is 4.79 Å². The van der Waals surface area contributed by atoms with Crippen molar-refractivity contribution >= 4 is 25.0 Å². The van der Waals surface area contributed by atoms with Gasteiger partial charge in [0.1, 0.15) is 6.29 Å². The number of benzene rings is 2. The molecular weight excluding hydrogens is 324 g/mol. The van der Waals surface area contributed by atoms with Gasteiger partial charge in [0, 0.05) is 12.0 Å². The van der Waals surface area contributed by atoms with Gasteiger partial charge in [-0.1, -0.05) is 87.9 Å². The van der Waals surface area contributed by atoms with Gasteiger partial charge in [-0.15, -0.1) is 0 Å². The first-order valence-corrected chi connectivity index (χ1v) is 11.1. The van der Waals surface area contributed by atoms with E-state index in [4.69, 9.17) is 4.43 Å². The molecular formula is C22H28O2Si. The summed E-state index contributed by atoms with van der Waals surface area (Å²) in [6.07, 6.45) is 4.17. The molecule has 0 N–H and O–H groups in total. The van der Waals surface area contributed by atoms with Gasteiger partial charge in [-0.05, 0) is 28.3 Å². The molecule has 3 rings (SSSR count). The molecule has 132 valence electrons. The number of rotatable bonds is 6. The fourth-order valence-electron chi connectivity index (χ4n) is 3.94. The second-order valence-electron chi connectivity index (χ2n) is 8.29. The van der Waals surface area contributed by atoms with Crippen molar-refractivity contribution in [1.29, 1.82) is 0 Å². The molecule has 0 spiro atoms. The zero-order valence-electron chi connectivity index (χ0n) is 15.5. The van der Waals surface area contributed by atoms with Gasteiger partial charge in [0.15, 0.2) is 0 Å². The highest BCUT2D eigenvalue weighted by atomic mass is 28.4. The Morgan fingerprint density at radius 2 is 1.44 bits per heavy atom. The summed E-state index contributed by atoms with van der Waals surface area (Å²) in [6, 6.07) is 21.2. The lowest BCUT2D eigenvalue weighted by molar-refractivity contribution is -0.122. The highest BCUT2D eigenvalue weighted by Gasteiger charge is 2.52. The van der Waals surface area contributed by atoms with E-state index in [0.29, 0.717) is 6.61 Å². The van der Waals surface area contributed by atoms with Crippen LogP contribution in [0.25, 0.3) is 0 Å². The van der Waals surface area contributed by atoms with Crippen molar-refractivity contribution in [2.75, 3.05) is 6.61 Å². The fourth-order valence-corrected chi connectivity index (χ4v) is 8.60. The lowest BCUT2D eigenvalue weighted by atomic mass is 9.71. The number of hydrogen-bond acceptors (Lipinski definition) is 2. The molecule has 0 saturated heterocycles. The topological polar surface area (TPSA) is 26.3 Å². The summed E-state index contributed by atoms with van der Waals surface area (Å²) >= 11 is 0. The minimum atomic E-state index is -2.52. The highest BCUT2D eigenvalue weighted by molar-refractivity contribution is 6.99. The summed E-state index contributed by atoms with van der Waals surface area (Å²) in [5.74, 6) is 0. The molecule has 1 aliphatic rings. The molecule has 2 aromatic rings. The molecule has 25 heavy (non-hydrogen) atoms. The second-order valence-corrected chi connectivity index (χ2v) is 12.6. The van der Waals surface area contributed by atoms with Crippen LogP contribution in [0.1, 0.15) is 40.0 Å². The summed E-state index contributed by atoms with van der Waals surface area (Å²) < 4.78 is 6.87. The fraction of sp³-hybridized carbons (Fsp3) is 0.409. The first-order valence-electron chi connectivity index (χ1n) is 9.15. The molecule has 0 aliphatic heterocycles. The Kier molecular flexibility index (Phi) is 4.98. The van der Waals surface area contributed by atoms with E-state index in [1.807, 2.05) is 0 Å². The minimum Gasteiger partial charge on any atom is -0.406 e. The summed E-state index contributed by atoms with van der Waals surface area (Å²) in [4.78, 5) is 11.7. The van der Waals surface area contributed by atoms with E-state index in [1.54, 1.807) is 0 Å². The normalized spacial score (nSPS) is 16.9. The van der Waals surface area contributed by atoms with Gasteiger partial charge in [0.25, 0.3) is 8.32 Å². The van der Waals surface area contributed by atoms with Crippen molar-refractivity contribution in [3.8, 4) is 0 Å². The van der Waals surface area contributed by atoms with E-state index in [0.717, 1.165) is 25.5 Å². The van der Waals surface area contributed by atoms with Crippen molar-refractivity contribution in [2.45, 2.75) is 45.1 Å². The van der Waals surface area contributed by atoms with Crippen LogP contribution in [0.15, 0.2) is 60.7 Å². The van der Waals surface area contributed by atoms with Crippen LogP contribution in [-0.4, -0.2) is 21.2 Å². The van der Waals surface area contributed by atoms with Gasteiger partial charge in [-0.3, -0.25) is 0 Å². The Bertz CT molecular complexity index is 660. The summed E-state index contributed by atoms with van der Waals surface area (Å²) in [6.45, 7) is 7.35. The Morgan fingerprint density at radius 1 is 0.960 bits per heavy atom. The number of carbonyl (C=O) groups excluding carboxylic acids is 1. The molecule has 2 aromatic carbocycles. The third kappa shape index (κ3) is 3.23. The largest absolute Gasteiger partial charge is 0.406 e. The van der Waals surface area contributed by atoms with Gasteiger partial charge in [-0.2, -0.15) is 0 Å². The Hall–Kier alpha value is -1.71. The van der Waals surface area contributed by atoms with Crippen molar-refractivity contribution in [2.24, 2.45) is 5.41 Å². The van der Waals surface area contributed by atoms with Gasteiger partial charge in [0.05, 0.1) is 0 Å². The minimum absolute atomic E-state index is 0.0382. The third-order valence-electron chi connectivity index (χ3n) is 5.59. The molecule has 0 bridgehead atoms. The van der Waals surface area contributed by atoms with Crippen molar-refractivity contribution in [3.63, 3.8) is 0 Å². The summed E-state index contributed by atoms with van der Waals surface area (Å²) in [7, 11) is -2.52. The Labute approximate surface area is 152 Å². The molecule has 2 nitrogen and oxygen atoms in total. The zero-order chi connectivity index (χ0) is 18.0. The van der Waals surface area contributed by atoms with Crippen molar-refractivity contribution < 1.29 is 9.22 Å². The molecule has 0 aromatic heterocycles. The molecule has 0 heterocycles. The van der Waals surface area contributed by atoms with Crippen LogP contribution >= 0.6 is 0 Å². The maximum Gasteiger partial charge on any atom is 0.261 e. The molecule has 3 heteroatoms. The second kappa shape index (κ2) is 6.89. The molecule has 0 unspecified atom stereocenters. The Balaban J connectivity index is 2.10. The Morgan fingerprint density at radius 3 is 1.76 bits per heavy atom. The van der Waals surface area contributed by atoms with Crippen LogP contribution < -0.4 is 10.4 Å². The summed E-state index contributed by atoms with van der Waals surface area (Å²) in [5, 5.41) is 2.51.